The lowest BCUT2D eigenvalue weighted by Gasteiger charge is -2.34. The van der Waals surface area contributed by atoms with Gasteiger partial charge in [0.2, 0.25) is 0 Å². The number of aliphatic hydroxyl groups is 1. The van der Waals surface area contributed by atoms with Crippen molar-refractivity contribution in [2.75, 3.05) is 19.8 Å². The topological polar surface area (TPSA) is 38.7 Å². The van der Waals surface area contributed by atoms with Gasteiger partial charge in [-0.15, -0.1) is 0 Å². The third-order valence-corrected chi connectivity index (χ3v) is 5.06. The Kier molecular flexibility index (Phi) is 14.9. The Morgan fingerprint density at radius 3 is 1.67 bits per heavy atom. The van der Waals surface area contributed by atoms with Gasteiger partial charge < -0.3 is 14.6 Å². The quantitative estimate of drug-likeness (QED) is 0.328. The average Bonchev–Trinajstić information content (AvgIpc) is 2.56. The summed E-state index contributed by atoms with van der Waals surface area (Å²) in [5.74, 6) is 0. The van der Waals surface area contributed by atoms with Crippen LogP contribution in [0.25, 0.3) is 0 Å². The molecule has 3 nitrogen and oxygen atoms in total. The molecule has 1 fully saturated rings. The molecule has 0 aromatic carbocycles. The van der Waals surface area contributed by atoms with Crippen LogP contribution in [0.5, 0.6) is 0 Å². The molecular formula is C21H42O3. The largest absolute Gasteiger partial charge is 0.394 e. The molecule has 1 N–H and O–H groups in total. The van der Waals surface area contributed by atoms with Crippen molar-refractivity contribution in [2.45, 2.75) is 115 Å². The molecule has 0 aliphatic carbocycles. The average molecular weight is 343 g/mol. The van der Waals surface area contributed by atoms with Gasteiger partial charge in [0, 0.05) is 13.0 Å². The van der Waals surface area contributed by atoms with Crippen LogP contribution < -0.4 is 0 Å². The van der Waals surface area contributed by atoms with E-state index in [0.29, 0.717) is 6.61 Å². The predicted molar refractivity (Wildman–Crippen MR) is 101 cm³/mol. The van der Waals surface area contributed by atoms with Gasteiger partial charge in [-0.3, -0.25) is 0 Å². The number of aliphatic hydroxyl groups excluding tert-OH is 1. The van der Waals surface area contributed by atoms with Gasteiger partial charge in [0.15, 0.2) is 0 Å². The third-order valence-electron chi connectivity index (χ3n) is 5.06. The van der Waals surface area contributed by atoms with E-state index in [1.165, 1.54) is 89.9 Å². The summed E-state index contributed by atoms with van der Waals surface area (Å²) in [6.07, 6.45) is 20.8. The minimum Gasteiger partial charge on any atom is -0.394 e. The Balaban J connectivity index is 1.64. The highest BCUT2D eigenvalue weighted by Crippen LogP contribution is 2.20. The van der Waals surface area contributed by atoms with E-state index in [1.54, 1.807) is 0 Å². The molecule has 0 bridgehead atoms. The minimum atomic E-state index is 0.0691. The van der Waals surface area contributed by atoms with E-state index in [1.807, 2.05) is 0 Å². The molecule has 0 unspecified atom stereocenters. The van der Waals surface area contributed by atoms with Gasteiger partial charge in [-0.25, -0.2) is 0 Å². The molecule has 0 aromatic heterocycles. The molecule has 0 spiro atoms. The Morgan fingerprint density at radius 1 is 0.750 bits per heavy atom. The second-order valence-corrected chi connectivity index (χ2v) is 7.47. The molecule has 0 aromatic rings. The van der Waals surface area contributed by atoms with Crippen molar-refractivity contribution >= 4 is 0 Å². The second kappa shape index (κ2) is 16.4. The van der Waals surface area contributed by atoms with Crippen LogP contribution in [0.3, 0.4) is 0 Å². The third kappa shape index (κ3) is 12.3. The summed E-state index contributed by atoms with van der Waals surface area (Å²) in [6.45, 7) is 4.00. The lowest BCUT2D eigenvalue weighted by Crippen LogP contribution is -2.42. The monoisotopic (exact) mass is 342 g/mol. The standard InChI is InChI=1S/C21H42O3/c1-2-3-4-5-6-7-8-9-10-11-12-13-14-15-16-23-19-21-17-20(18-22)24-21/h20-22H,2-19H2,1H3/t20-,21-/m1/s1. The summed E-state index contributed by atoms with van der Waals surface area (Å²) < 4.78 is 11.1. The Morgan fingerprint density at radius 2 is 1.21 bits per heavy atom. The van der Waals surface area contributed by atoms with E-state index in [9.17, 15) is 0 Å². The molecule has 1 heterocycles. The van der Waals surface area contributed by atoms with E-state index in [2.05, 4.69) is 6.92 Å². The maximum atomic E-state index is 8.85. The lowest BCUT2D eigenvalue weighted by atomic mass is 10.0. The maximum Gasteiger partial charge on any atom is 0.0839 e. The predicted octanol–water partition coefficient (Wildman–Crippen LogP) is 5.63. The van der Waals surface area contributed by atoms with Gasteiger partial charge in [0.05, 0.1) is 25.4 Å². The van der Waals surface area contributed by atoms with Crippen LogP contribution in [0.2, 0.25) is 0 Å². The first-order chi connectivity index (χ1) is 11.9. The fraction of sp³-hybridized carbons (Fsp3) is 1.00. The molecule has 0 radical (unpaired) electrons. The first kappa shape index (κ1) is 21.9. The fourth-order valence-electron chi connectivity index (χ4n) is 3.39. The first-order valence-electron chi connectivity index (χ1n) is 10.7. The van der Waals surface area contributed by atoms with Gasteiger partial charge in [-0.2, -0.15) is 0 Å². The van der Waals surface area contributed by atoms with Gasteiger partial charge in [-0.1, -0.05) is 90.4 Å². The summed E-state index contributed by atoms with van der Waals surface area (Å²) in [5, 5.41) is 8.85. The molecule has 0 amide bonds. The van der Waals surface area contributed by atoms with Crippen molar-refractivity contribution in [3.63, 3.8) is 0 Å². The van der Waals surface area contributed by atoms with E-state index >= 15 is 0 Å². The van der Waals surface area contributed by atoms with Crippen molar-refractivity contribution in [3.8, 4) is 0 Å². The summed E-state index contributed by atoms with van der Waals surface area (Å²) in [6, 6.07) is 0. The number of hydrogen-bond donors (Lipinski definition) is 1. The first-order valence-corrected chi connectivity index (χ1v) is 10.7. The zero-order valence-corrected chi connectivity index (χ0v) is 16.1. The van der Waals surface area contributed by atoms with Crippen LogP contribution in [-0.2, 0) is 9.47 Å². The number of hydrogen-bond acceptors (Lipinski definition) is 3. The van der Waals surface area contributed by atoms with Gasteiger partial charge in [-0.05, 0) is 6.42 Å². The van der Waals surface area contributed by atoms with E-state index < -0.39 is 0 Å². The van der Waals surface area contributed by atoms with E-state index in [4.69, 9.17) is 14.6 Å². The summed E-state index contributed by atoms with van der Waals surface area (Å²) in [5.41, 5.74) is 0. The van der Waals surface area contributed by atoms with Crippen LogP contribution in [-0.4, -0.2) is 37.1 Å². The van der Waals surface area contributed by atoms with Crippen LogP contribution in [0, 0.1) is 0 Å². The van der Waals surface area contributed by atoms with Gasteiger partial charge in [0.1, 0.15) is 0 Å². The molecule has 3 heteroatoms. The molecule has 1 saturated heterocycles. The molecule has 2 atom stereocenters. The van der Waals surface area contributed by atoms with E-state index in [0.717, 1.165) is 13.0 Å². The summed E-state index contributed by atoms with van der Waals surface area (Å²) >= 11 is 0. The zero-order valence-electron chi connectivity index (χ0n) is 16.1. The summed E-state index contributed by atoms with van der Waals surface area (Å²) in [4.78, 5) is 0. The van der Waals surface area contributed by atoms with Gasteiger partial charge in [0.25, 0.3) is 0 Å². The molecule has 24 heavy (non-hydrogen) atoms. The second-order valence-electron chi connectivity index (χ2n) is 7.47. The van der Waals surface area contributed by atoms with Crippen LogP contribution >= 0.6 is 0 Å². The summed E-state index contributed by atoms with van der Waals surface area (Å²) in [7, 11) is 0. The highest BCUT2D eigenvalue weighted by Gasteiger charge is 2.28. The molecule has 1 aliphatic heterocycles. The van der Waals surface area contributed by atoms with Gasteiger partial charge >= 0.3 is 0 Å². The van der Waals surface area contributed by atoms with Crippen molar-refractivity contribution < 1.29 is 14.6 Å². The Hall–Kier alpha value is -0.120. The highest BCUT2D eigenvalue weighted by molar-refractivity contribution is 4.76. The van der Waals surface area contributed by atoms with Crippen LogP contribution in [0.1, 0.15) is 103 Å². The Labute approximate surface area is 150 Å². The smallest absolute Gasteiger partial charge is 0.0839 e. The maximum absolute atomic E-state index is 8.85. The normalized spacial score (nSPS) is 20.2. The van der Waals surface area contributed by atoms with Crippen molar-refractivity contribution in [2.24, 2.45) is 0 Å². The van der Waals surface area contributed by atoms with E-state index in [-0.39, 0.29) is 18.8 Å². The Bertz CT molecular complexity index is 251. The minimum absolute atomic E-state index is 0.0691. The van der Waals surface area contributed by atoms with Crippen LogP contribution in [0.15, 0.2) is 0 Å². The zero-order chi connectivity index (χ0) is 17.3. The highest BCUT2D eigenvalue weighted by atomic mass is 16.6. The van der Waals surface area contributed by atoms with Crippen molar-refractivity contribution in [1.29, 1.82) is 0 Å². The SMILES string of the molecule is CCCCCCCCCCCCCCCCOC[C@H]1C[C@H](CO)O1. The fourth-order valence-corrected chi connectivity index (χ4v) is 3.39. The van der Waals surface area contributed by atoms with Crippen molar-refractivity contribution in [3.05, 3.63) is 0 Å². The molecule has 1 rings (SSSR count). The lowest BCUT2D eigenvalue weighted by molar-refractivity contribution is -0.165. The van der Waals surface area contributed by atoms with Crippen molar-refractivity contribution in [1.82, 2.24) is 0 Å². The molecular weight excluding hydrogens is 300 g/mol. The number of unbranched alkanes of at least 4 members (excludes halogenated alkanes) is 13. The molecule has 0 saturated carbocycles. The molecule has 1 aliphatic rings. The molecule has 144 valence electrons. The number of rotatable bonds is 18. The number of ether oxygens (including phenoxy) is 2. The van der Waals surface area contributed by atoms with Crippen LogP contribution in [0.4, 0.5) is 0 Å².